The molecule has 1 aliphatic heterocycles. The van der Waals surface area contributed by atoms with Gasteiger partial charge < -0.3 is 5.21 Å². The maximum absolute atomic E-state index is 11.0. The standard InChI is InChI=1S/C9H11N3O2/c13-10-12-6-2-4-9(12)8-3-1-5-11(14)7-8/h1,3,5,7,9H,2,4,6H2/i1+1,3+1,5+1,7+1,8+1,9+1. The molecule has 0 aromatic carbocycles. The van der Waals surface area contributed by atoms with Gasteiger partial charge in [0.05, 0.1) is 11.3 Å². The first kappa shape index (κ1) is 8.93. The summed E-state index contributed by atoms with van der Waals surface area (Å²) in [6.45, 7) is 0.682. The summed E-state index contributed by atoms with van der Waals surface area (Å²) in [5.41, 5.74) is 0.861. The van der Waals surface area contributed by atoms with Crippen LogP contribution in [-0.4, -0.2) is 11.6 Å². The highest BCUT2D eigenvalue weighted by Crippen LogP contribution is 2.30. The molecule has 1 atom stereocenters. The molecule has 2 heterocycles. The molecule has 0 aliphatic carbocycles. The topological polar surface area (TPSA) is 59.6 Å². The van der Waals surface area contributed by atoms with Crippen molar-refractivity contribution >= 4 is 0 Å². The molecule has 1 saturated heterocycles. The zero-order chi connectivity index (χ0) is 9.97. The van der Waals surface area contributed by atoms with E-state index < -0.39 is 0 Å². The molecular weight excluding hydrogens is 188 g/mol. The van der Waals surface area contributed by atoms with E-state index in [1.54, 1.807) is 6.07 Å². The number of aromatic nitrogens is 1. The van der Waals surface area contributed by atoms with Gasteiger partial charge in [0.1, 0.15) is 0 Å². The molecule has 1 fully saturated rings. The molecule has 14 heavy (non-hydrogen) atoms. The summed E-state index contributed by atoms with van der Waals surface area (Å²) in [4.78, 5) is 10.5. The summed E-state index contributed by atoms with van der Waals surface area (Å²) in [7, 11) is 0. The Morgan fingerprint density at radius 2 is 2.50 bits per heavy atom. The second-order valence-electron chi connectivity index (χ2n) is 3.40. The number of hydrogen-bond donors (Lipinski definition) is 0. The van der Waals surface area contributed by atoms with Crippen LogP contribution < -0.4 is 4.73 Å². The van der Waals surface area contributed by atoms with Crippen molar-refractivity contribution in [1.29, 1.82) is 0 Å². The molecule has 0 saturated carbocycles. The quantitative estimate of drug-likeness (QED) is 0.310. The average molecular weight is 199 g/mol. The largest absolute Gasteiger partial charge is 0.619 e. The van der Waals surface area contributed by atoms with Crippen LogP contribution in [0.25, 0.3) is 0 Å². The lowest BCUT2D eigenvalue weighted by Gasteiger charge is -2.16. The van der Waals surface area contributed by atoms with E-state index in [0.717, 1.165) is 23.1 Å². The van der Waals surface area contributed by atoms with E-state index in [2.05, 4.69) is 5.29 Å². The number of nitroso groups, excluding NO2 is 1. The molecule has 5 heteroatoms. The van der Waals surface area contributed by atoms with Crippen LogP contribution in [-0.2, 0) is 0 Å². The van der Waals surface area contributed by atoms with Gasteiger partial charge in [0.25, 0.3) is 0 Å². The summed E-state index contributed by atoms with van der Waals surface area (Å²) in [5.74, 6) is 0. The molecular formula is C9H11N3O2. The highest BCUT2D eigenvalue weighted by Gasteiger charge is 2.27. The second-order valence-corrected chi connectivity index (χ2v) is 3.40. The maximum Gasteiger partial charge on any atom is 0.185 e. The fraction of sp³-hybridized carbons (Fsp3) is 0.444. The van der Waals surface area contributed by atoms with Crippen molar-refractivity contribution in [3.8, 4) is 0 Å². The number of nitrogens with zero attached hydrogens (tertiary/aromatic N) is 3. The van der Waals surface area contributed by atoms with Gasteiger partial charge in [-0.15, -0.1) is 4.91 Å². The number of rotatable bonds is 2. The van der Waals surface area contributed by atoms with Crippen molar-refractivity contribution in [2.45, 2.75) is 18.9 Å². The van der Waals surface area contributed by atoms with Gasteiger partial charge in [0, 0.05) is 18.2 Å². The van der Waals surface area contributed by atoms with Gasteiger partial charge in [-0.25, -0.2) is 0 Å². The van der Waals surface area contributed by atoms with E-state index >= 15 is 0 Å². The molecule has 0 spiro atoms. The average Bonchev–Trinajstić information content (AvgIpc) is 2.65. The molecule has 1 aromatic heterocycles. The first-order valence-electron chi connectivity index (χ1n) is 4.60. The van der Waals surface area contributed by atoms with E-state index in [0.29, 0.717) is 6.54 Å². The van der Waals surface area contributed by atoms with Crippen molar-refractivity contribution in [2.24, 2.45) is 5.29 Å². The summed E-state index contributed by atoms with van der Waals surface area (Å²) in [6.07, 6.45) is 4.76. The molecule has 2 rings (SSSR count). The van der Waals surface area contributed by atoms with Gasteiger partial charge in [0.15, 0.2) is 12.4 Å². The molecule has 1 unspecified atom stereocenters. The lowest BCUT2D eigenvalue weighted by Crippen LogP contribution is -2.27. The molecule has 0 amide bonds. The van der Waals surface area contributed by atoms with E-state index in [-0.39, 0.29) is 6.04 Å². The Hall–Kier alpha value is -1.65. The Morgan fingerprint density at radius 3 is 3.21 bits per heavy atom. The minimum atomic E-state index is -0.0195. The molecule has 0 bridgehead atoms. The van der Waals surface area contributed by atoms with E-state index in [1.807, 2.05) is 6.07 Å². The molecule has 0 N–H and O–H groups in total. The van der Waals surface area contributed by atoms with Gasteiger partial charge >= 0.3 is 0 Å². The molecule has 0 radical (unpaired) electrons. The fourth-order valence-electron chi connectivity index (χ4n) is 1.86. The smallest absolute Gasteiger partial charge is 0.185 e. The number of pyridine rings is 1. The second kappa shape index (κ2) is 3.61. The highest BCUT2D eigenvalue weighted by atomic mass is 16.5. The van der Waals surface area contributed by atoms with E-state index in [1.165, 1.54) is 17.4 Å². The Bertz CT molecular complexity index is 343. The predicted molar refractivity (Wildman–Crippen MR) is 49.9 cm³/mol. The predicted octanol–water partition coefficient (Wildman–Crippen LogP) is 1.14. The fourth-order valence-corrected chi connectivity index (χ4v) is 1.86. The van der Waals surface area contributed by atoms with Crippen LogP contribution in [0.4, 0.5) is 0 Å². The van der Waals surface area contributed by atoms with Crippen molar-refractivity contribution < 1.29 is 4.73 Å². The third-order valence-electron chi connectivity index (χ3n) is 2.51. The van der Waals surface area contributed by atoms with Crippen LogP contribution in [0.5, 0.6) is 0 Å². The van der Waals surface area contributed by atoms with Gasteiger partial charge in [-0.2, -0.15) is 4.73 Å². The lowest BCUT2D eigenvalue weighted by atomic mass is 10.4. The van der Waals surface area contributed by atoms with Gasteiger partial charge in [-0.1, -0.05) is 0 Å². The Balaban J connectivity index is 2.25. The first-order chi connectivity index (χ1) is 6.81. The zero-order valence-electron chi connectivity index (χ0n) is 7.67. The maximum atomic E-state index is 11.0. The van der Waals surface area contributed by atoms with Crippen molar-refractivity contribution in [3.63, 3.8) is 0 Å². The van der Waals surface area contributed by atoms with E-state index in [4.69, 9.17) is 0 Å². The summed E-state index contributed by atoms with van der Waals surface area (Å²) < 4.78 is 0.747. The van der Waals surface area contributed by atoms with Gasteiger partial charge in [-0.05, 0) is 18.9 Å². The molecule has 74 valence electrons. The zero-order valence-corrected chi connectivity index (χ0v) is 7.67. The van der Waals surface area contributed by atoms with Crippen LogP contribution in [0, 0.1) is 10.1 Å². The van der Waals surface area contributed by atoms with Crippen LogP contribution in [0.1, 0.15) is 24.4 Å². The van der Waals surface area contributed by atoms with Crippen LogP contribution >= 0.6 is 0 Å². The monoisotopic (exact) mass is 199 g/mol. The number of hydrogen-bond acceptors (Lipinski definition) is 3. The third-order valence-corrected chi connectivity index (χ3v) is 2.51. The van der Waals surface area contributed by atoms with Crippen LogP contribution in [0.3, 0.4) is 0 Å². The minimum absolute atomic E-state index is 0.0195. The molecule has 5 nitrogen and oxygen atoms in total. The molecule has 1 aromatic rings. The summed E-state index contributed by atoms with van der Waals surface area (Å²) >= 11 is 0. The summed E-state index contributed by atoms with van der Waals surface area (Å²) in [6, 6.07) is 3.51. The molecule has 1 aliphatic rings. The van der Waals surface area contributed by atoms with Crippen LogP contribution in [0.15, 0.2) is 29.8 Å². The SMILES string of the molecule is O=NN1CCC[13CH]1[13c]1[13cH][13cH][13cH][n+]([O-])[13cH]1. The Labute approximate surface area is 81.5 Å². The lowest BCUT2D eigenvalue weighted by molar-refractivity contribution is -0.606. The van der Waals surface area contributed by atoms with Gasteiger partial charge in [-0.3, -0.25) is 5.01 Å². The van der Waals surface area contributed by atoms with E-state index in [9.17, 15) is 10.1 Å². The van der Waals surface area contributed by atoms with Crippen molar-refractivity contribution in [2.75, 3.05) is 6.54 Å². The highest BCUT2D eigenvalue weighted by molar-refractivity contribution is 5.12. The van der Waals surface area contributed by atoms with Crippen molar-refractivity contribution in [1.82, 2.24) is 5.01 Å². The minimum Gasteiger partial charge on any atom is -0.619 e. The third kappa shape index (κ3) is 1.53. The van der Waals surface area contributed by atoms with Crippen LogP contribution in [0.2, 0.25) is 0 Å². The first-order valence-corrected chi connectivity index (χ1v) is 4.60. The summed E-state index contributed by atoms with van der Waals surface area (Å²) in [5, 5.41) is 15.5. The van der Waals surface area contributed by atoms with Gasteiger partial charge in [0.2, 0.25) is 0 Å². The Morgan fingerprint density at radius 1 is 1.64 bits per heavy atom. The Kier molecular flexibility index (Phi) is 2.30. The van der Waals surface area contributed by atoms with Crippen molar-refractivity contribution in [3.05, 3.63) is 40.2 Å². The normalized spacial score (nSPS) is 21.1.